The van der Waals surface area contributed by atoms with Crippen molar-refractivity contribution in [2.45, 2.75) is 25.5 Å². The SMILES string of the molecule is CN1CCN(N=Cc2ccc(C(=O)c3ccc4c(c3)OC(C)(N)C(CC(=O)O)C4)cc2)CC1. The first kappa shape index (κ1) is 22.9. The summed E-state index contributed by atoms with van der Waals surface area (Å²) in [5, 5.41) is 15.7. The molecule has 8 nitrogen and oxygen atoms in total. The van der Waals surface area contributed by atoms with Crippen molar-refractivity contribution in [2.75, 3.05) is 33.2 Å². The Hall–Kier alpha value is -3.23. The van der Waals surface area contributed by atoms with Gasteiger partial charge in [0, 0.05) is 43.2 Å². The lowest BCUT2D eigenvalue weighted by Gasteiger charge is -2.39. The summed E-state index contributed by atoms with van der Waals surface area (Å²) in [4.78, 5) is 26.5. The van der Waals surface area contributed by atoms with Gasteiger partial charge in [-0.05, 0) is 37.6 Å². The molecular weight excluding hydrogens is 420 g/mol. The first-order valence-electron chi connectivity index (χ1n) is 11.2. The molecule has 33 heavy (non-hydrogen) atoms. The van der Waals surface area contributed by atoms with Gasteiger partial charge in [0.1, 0.15) is 5.75 Å². The number of hydrogen-bond acceptors (Lipinski definition) is 7. The number of carbonyl (C=O) groups is 2. The number of hydrogen-bond donors (Lipinski definition) is 2. The third-order valence-electron chi connectivity index (χ3n) is 6.38. The summed E-state index contributed by atoms with van der Waals surface area (Å²) in [6.45, 7) is 5.49. The average molecular weight is 451 g/mol. The summed E-state index contributed by atoms with van der Waals surface area (Å²) in [5.41, 5.74) is 7.99. The molecule has 0 bridgehead atoms. The van der Waals surface area contributed by atoms with Gasteiger partial charge in [0.25, 0.3) is 0 Å². The van der Waals surface area contributed by atoms with Crippen LogP contribution in [0.1, 0.15) is 40.4 Å². The number of nitrogens with two attached hydrogens (primary N) is 1. The summed E-state index contributed by atoms with van der Waals surface area (Å²) < 4.78 is 5.91. The first-order valence-corrected chi connectivity index (χ1v) is 11.2. The molecule has 4 rings (SSSR count). The molecule has 2 aliphatic rings. The molecular formula is C25H30N4O4. The highest BCUT2D eigenvalue weighted by Gasteiger charge is 2.39. The van der Waals surface area contributed by atoms with Crippen LogP contribution in [0.15, 0.2) is 47.6 Å². The zero-order chi connectivity index (χ0) is 23.6. The van der Waals surface area contributed by atoms with Gasteiger partial charge in [-0.15, -0.1) is 0 Å². The average Bonchev–Trinajstić information content (AvgIpc) is 2.78. The number of rotatable bonds is 6. The van der Waals surface area contributed by atoms with E-state index in [1.54, 1.807) is 31.2 Å². The topological polar surface area (TPSA) is 108 Å². The van der Waals surface area contributed by atoms with E-state index in [9.17, 15) is 9.59 Å². The highest BCUT2D eigenvalue weighted by molar-refractivity contribution is 6.09. The summed E-state index contributed by atoms with van der Waals surface area (Å²) in [6.07, 6.45) is 2.24. The standard InChI is InChI=1S/C25H30N4O4/c1-25(26)21(15-23(30)31)13-19-7-8-20(14-22(19)33-25)24(32)18-5-3-17(4-6-18)16-27-29-11-9-28(2)10-12-29/h3-8,14,16,21H,9-13,15,26H2,1-2H3,(H,30,31). The van der Waals surface area contributed by atoms with E-state index < -0.39 is 11.7 Å². The van der Waals surface area contributed by atoms with E-state index in [1.165, 1.54) is 0 Å². The number of piperazine rings is 1. The molecule has 0 aliphatic carbocycles. The highest BCUT2D eigenvalue weighted by Crippen LogP contribution is 2.37. The van der Waals surface area contributed by atoms with Crippen molar-refractivity contribution in [1.82, 2.24) is 9.91 Å². The molecule has 0 amide bonds. The Bertz CT molecular complexity index is 1060. The number of fused-ring (bicyclic) bond motifs is 1. The molecule has 2 aliphatic heterocycles. The minimum Gasteiger partial charge on any atom is -0.481 e. The van der Waals surface area contributed by atoms with Gasteiger partial charge >= 0.3 is 5.97 Å². The number of aliphatic carboxylic acids is 1. The summed E-state index contributed by atoms with van der Waals surface area (Å²) in [6, 6.07) is 12.6. The van der Waals surface area contributed by atoms with Crippen LogP contribution in [0.2, 0.25) is 0 Å². The van der Waals surface area contributed by atoms with Crippen molar-refractivity contribution in [3.8, 4) is 5.75 Å². The van der Waals surface area contributed by atoms with Crippen LogP contribution in [-0.2, 0) is 11.2 Å². The van der Waals surface area contributed by atoms with Gasteiger partial charge in [-0.1, -0.05) is 36.4 Å². The zero-order valence-corrected chi connectivity index (χ0v) is 19.0. The predicted molar refractivity (Wildman–Crippen MR) is 126 cm³/mol. The van der Waals surface area contributed by atoms with E-state index >= 15 is 0 Å². The number of likely N-dealkylation sites (N-methyl/N-ethyl adjacent to an activating group) is 1. The largest absolute Gasteiger partial charge is 0.481 e. The summed E-state index contributed by atoms with van der Waals surface area (Å²) >= 11 is 0. The number of carbonyl (C=O) groups excluding carboxylic acids is 1. The lowest BCUT2D eigenvalue weighted by atomic mass is 9.84. The van der Waals surface area contributed by atoms with E-state index in [2.05, 4.69) is 22.1 Å². The molecule has 2 atom stereocenters. The maximum atomic E-state index is 13.0. The highest BCUT2D eigenvalue weighted by atomic mass is 16.5. The number of ketones is 1. The second-order valence-corrected chi connectivity index (χ2v) is 9.06. The fourth-order valence-corrected chi connectivity index (χ4v) is 4.18. The Kier molecular flexibility index (Phi) is 6.49. The quantitative estimate of drug-likeness (QED) is 0.513. The van der Waals surface area contributed by atoms with Crippen molar-refractivity contribution in [2.24, 2.45) is 16.8 Å². The van der Waals surface area contributed by atoms with Crippen LogP contribution in [0.25, 0.3) is 0 Å². The maximum absolute atomic E-state index is 13.0. The lowest BCUT2D eigenvalue weighted by Crippen LogP contribution is -2.53. The predicted octanol–water partition coefficient (Wildman–Crippen LogP) is 2.20. The molecule has 1 fully saturated rings. The van der Waals surface area contributed by atoms with E-state index in [4.69, 9.17) is 15.6 Å². The van der Waals surface area contributed by atoms with E-state index in [1.807, 2.05) is 24.4 Å². The van der Waals surface area contributed by atoms with Crippen LogP contribution >= 0.6 is 0 Å². The summed E-state index contributed by atoms with van der Waals surface area (Å²) in [7, 11) is 2.11. The van der Waals surface area contributed by atoms with Crippen LogP contribution in [-0.4, -0.2) is 71.9 Å². The summed E-state index contributed by atoms with van der Waals surface area (Å²) in [5.74, 6) is -0.838. The molecule has 0 spiro atoms. The Balaban J connectivity index is 1.45. The van der Waals surface area contributed by atoms with Gasteiger partial charge in [0.2, 0.25) is 0 Å². The Morgan fingerprint density at radius 2 is 1.82 bits per heavy atom. The first-order chi connectivity index (χ1) is 15.7. The van der Waals surface area contributed by atoms with Crippen LogP contribution < -0.4 is 10.5 Å². The Morgan fingerprint density at radius 1 is 1.15 bits per heavy atom. The number of benzene rings is 2. The van der Waals surface area contributed by atoms with E-state index in [-0.39, 0.29) is 18.1 Å². The van der Waals surface area contributed by atoms with Crippen molar-refractivity contribution in [3.63, 3.8) is 0 Å². The fraction of sp³-hybridized carbons (Fsp3) is 0.400. The Morgan fingerprint density at radius 3 is 2.48 bits per heavy atom. The van der Waals surface area contributed by atoms with Crippen LogP contribution in [0.4, 0.5) is 0 Å². The number of hydrazone groups is 1. The van der Waals surface area contributed by atoms with Gasteiger partial charge in [-0.3, -0.25) is 20.3 Å². The number of carboxylic acids is 1. The van der Waals surface area contributed by atoms with Gasteiger partial charge in [0.05, 0.1) is 12.6 Å². The van der Waals surface area contributed by atoms with E-state index in [0.29, 0.717) is 23.3 Å². The van der Waals surface area contributed by atoms with Gasteiger partial charge in [0.15, 0.2) is 11.5 Å². The molecule has 0 radical (unpaired) electrons. The minimum atomic E-state index is -1.11. The van der Waals surface area contributed by atoms with E-state index in [0.717, 1.165) is 37.3 Å². The van der Waals surface area contributed by atoms with Gasteiger partial charge in [-0.25, -0.2) is 0 Å². The molecule has 8 heteroatoms. The molecule has 0 aromatic heterocycles. The van der Waals surface area contributed by atoms with Crippen molar-refractivity contribution >= 4 is 18.0 Å². The van der Waals surface area contributed by atoms with Crippen molar-refractivity contribution < 1.29 is 19.4 Å². The molecule has 174 valence electrons. The second kappa shape index (κ2) is 9.33. The molecule has 2 unspecified atom stereocenters. The fourth-order valence-electron chi connectivity index (χ4n) is 4.18. The molecule has 3 N–H and O–H groups in total. The Labute approximate surface area is 193 Å². The minimum absolute atomic E-state index is 0.0718. The molecule has 2 aromatic rings. The van der Waals surface area contributed by atoms with Gasteiger partial charge in [-0.2, -0.15) is 5.10 Å². The number of ether oxygens (including phenoxy) is 1. The molecule has 0 saturated carbocycles. The molecule has 1 saturated heterocycles. The maximum Gasteiger partial charge on any atom is 0.303 e. The van der Waals surface area contributed by atoms with Crippen molar-refractivity contribution in [3.05, 3.63) is 64.7 Å². The zero-order valence-electron chi connectivity index (χ0n) is 19.0. The molecule has 2 heterocycles. The number of carboxylic acid groups (broad SMARTS) is 1. The smallest absolute Gasteiger partial charge is 0.303 e. The second-order valence-electron chi connectivity index (χ2n) is 9.06. The monoisotopic (exact) mass is 450 g/mol. The third-order valence-corrected chi connectivity index (χ3v) is 6.38. The third kappa shape index (κ3) is 5.40. The van der Waals surface area contributed by atoms with Crippen LogP contribution in [0, 0.1) is 5.92 Å². The number of nitrogens with zero attached hydrogens (tertiary/aromatic N) is 3. The van der Waals surface area contributed by atoms with Crippen LogP contribution in [0.3, 0.4) is 0 Å². The van der Waals surface area contributed by atoms with Crippen LogP contribution in [0.5, 0.6) is 5.75 Å². The molecule has 2 aromatic carbocycles. The van der Waals surface area contributed by atoms with Crippen molar-refractivity contribution in [1.29, 1.82) is 0 Å². The van der Waals surface area contributed by atoms with Gasteiger partial charge < -0.3 is 14.7 Å². The normalized spacial score (nSPS) is 23.2. The lowest BCUT2D eigenvalue weighted by molar-refractivity contribution is -0.140.